The van der Waals surface area contributed by atoms with Crippen LogP contribution in [0.1, 0.15) is 20.8 Å². The number of hydrogen-bond donors (Lipinski definition) is 3. The number of hydrogen-bond acceptors (Lipinski definition) is 3. The SMILES string of the molecule is CC(C)(C)/C(=N/O)NO. The highest BCUT2D eigenvalue weighted by Crippen LogP contribution is 2.12. The molecular formula is C5H12N2O2. The number of oxime groups is 1. The van der Waals surface area contributed by atoms with Crippen molar-refractivity contribution in [2.45, 2.75) is 20.8 Å². The molecule has 0 aromatic carbocycles. The first-order chi connectivity index (χ1) is 4.02. The fourth-order valence-electron chi connectivity index (χ4n) is 0.340. The van der Waals surface area contributed by atoms with Crippen molar-refractivity contribution in [3.8, 4) is 0 Å². The largest absolute Gasteiger partial charge is 0.409 e. The van der Waals surface area contributed by atoms with E-state index >= 15 is 0 Å². The summed E-state index contributed by atoms with van der Waals surface area (Å²) in [6.45, 7) is 5.43. The average molecular weight is 132 g/mol. The van der Waals surface area contributed by atoms with Crippen LogP contribution in [0.5, 0.6) is 0 Å². The van der Waals surface area contributed by atoms with Crippen molar-refractivity contribution in [2.24, 2.45) is 10.6 Å². The predicted molar refractivity (Wildman–Crippen MR) is 33.6 cm³/mol. The Balaban J connectivity index is 4.14. The van der Waals surface area contributed by atoms with E-state index in [0.717, 1.165) is 0 Å². The Bertz CT molecular complexity index is 115. The van der Waals surface area contributed by atoms with Crippen LogP contribution in [-0.2, 0) is 0 Å². The monoisotopic (exact) mass is 132 g/mol. The normalized spacial score (nSPS) is 13.6. The summed E-state index contributed by atoms with van der Waals surface area (Å²) in [7, 11) is 0. The van der Waals surface area contributed by atoms with Crippen molar-refractivity contribution in [1.82, 2.24) is 5.48 Å². The van der Waals surface area contributed by atoms with Crippen molar-refractivity contribution in [1.29, 1.82) is 0 Å². The zero-order chi connectivity index (χ0) is 7.49. The van der Waals surface area contributed by atoms with Gasteiger partial charge in [-0.15, -0.1) is 0 Å². The number of rotatable bonds is 0. The van der Waals surface area contributed by atoms with E-state index in [0.29, 0.717) is 0 Å². The Morgan fingerprint density at radius 2 is 1.89 bits per heavy atom. The van der Waals surface area contributed by atoms with Crippen LogP contribution in [0.15, 0.2) is 5.16 Å². The lowest BCUT2D eigenvalue weighted by Gasteiger charge is -2.17. The van der Waals surface area contributed by atoms with Crippen LogP contribution < -0.4 is 5.48 Å². The van der Waals surface area contributed by atoms with Crippen LogP contribution >= 0.6 is 0 Å². The van der Waals surface area contributed by atoms with E-state index in [1.54, 1.807) is 5.48 Å². The maximum Gasteiger partial charge on any atom is 0.170 e. The van der Waals surface area contributed by atoms with Gasteiger partial charge in [0.25, 0.3) is 0 Å². The first kappa shape index (κ1) is 8.23. The molecule has 4 nitrogen and oxygen atoms in total. The van der Waals surface area contributed by atoms with E-state index in [-0.39, 0.29) is 11.3 Å². The van der Waals surface area contributed by atoms with Gasteiger partial charge >= 0.3 is 0 Å². The number of nitrogens with one attached hydrogen (secondary N) is 1. The van der Waals surface area contributed by atoms with Crippen LogP contribution in [-0.4, -0.2) is 16.3 Å². The second-order valence-corrected chi connectivity index (χ2v) is 2.81. The molecule has 0 aliphatic carbocycles. The third-order valence-electron chi connectivity index (χ3n) is 0.916. The molecule has 0 saturated heterocycles. The fourth-order valence-corrected chi connectivity index (χ4v) is 0.340. The van der Waals surface area contributed by atoms with E-state index in [4.69, 9.17) is 10.4 Å². The summed E-state index contributed by atoms with van der Waals surface area (Å²) < 4.78 is 0. The smallest absolute Gasteiger partial charge is 0.170 e. The van der Waals surface area contributed by atoms with Gasteiger partial charge in [-0.1, -0.05) is 25.9 Å². The van der Waals surface area contributed by atoms with Crippen LogP contribution in [0.25, 0.3) is 0 Å². The molecule has 0 unspecified atom stereocenters. The van der Waals surface area contributed by atoms with Gasteiger partial charge < -0.3 is 5.21 Å². The number of hydroxylamine groups is 1. The highest BCUT2D eigenvalue weighted by atomic mass is 16.5. The molecule has 0 rings (SSSR count). The summed E-state index contributed by atoms with van der Waals surface area (Å²) in [4.78, 5) is 0. The van der Waals surface area contributed by atoms with E-state index in [2.05, 4.69) is 5.16 Å². The van der Waals surface area contributed by atoms with Crippen molar-refractivity contribution in [2.75, 3.05) is 0 Å². The van der Waals surface area contributed by atoms with Gasteiger partial charge in [-0.3, -0.25) is 10.7 Å². The third kappa shape index (κ3) is 2.32. The van der Waals surface area contributed by atoms with Crippen molar-refractivity contribution in [3.63, 3.8) is 0 Å². The van der Waals surface area contributed by atoms with Crippen molar-refractivity contribution < 1.29 is 10.4 Å². The lowest BCUT2D eigenvalue weighted by Crippen LogP contribution is -2.32. The van der Waals surface area contributed by atoms with E-state index in [9.17, 15) is 0 Å². The molecule has 0 heterocycles. The molecule has 0 saturated carbocycles. The Hall–Kier alpha value is -0.770. The van der Waals surface area contributed by atoms with Crippen LogP contribution in [0, 0.1) is 5.41 Å². The minimum absolute atomic E-state index is 0.155. The van der Waals surface area contributed by atoms with Gasteiger partial charge in [0.15, 0.2) is 5.84 Å². The first-order valence-corrected chi connectivity index (χ1v) is 2.65. The summed E-state index contributed by atoms with van der Waals surface area (Å²) in [6, 6.07) is 0. The Morgan fingerprint density at radius 1 is 1.44 bits per heavy atom. The van der Waals surface area contributed by atoms with Crippen LogP contribution in [0.2, 0.25) is 0 Å². The Labute approximate surface area is 54.1 Å². The molecular weight excluding hydrogens is 120 g/mol. The predicted octanol–water partition coefficient (Wildman–Crippen LogP) is 0.799. The van der Waals surface area contributed by atoms with Gasteiger partial charge in [0.2, 0.25) is 0 Å². The van der Waals surface area contributed by atoms with Gasteiger partial charge in [-0.05, 0) is 0 Å². The zero-order valence-corrected chi connectivity index (χ0v) is 5.84. The second-order valence-electron chi connectivity index (χ2n) is 2.81. The van der Waals surface area contributed by atoms with Crippen molar-refractivity contribution >= 4 is 5.84 Å². The summed E-state index contributed by atoms with van der Waals surface area (Å²) in [5.41, 5.74) is 1.45. The highest BCUT2D eigenvalue weighted by molar-refractivity contribution is 5.85. The molecule has 9 heavy (non-hydrogen) atoms. The lowest BCUT2D eigenvalue weighted by molar-refractivity contribution is 0.207. The highest BCUT2D eigenvalue weighted by Gasteiger charge is 2.18. The topological polar surface area (TPSA) is 64.9 Å². The van der Waals surface area contributed by atoms with Crippen LogP contribution in [0.4, 0.5) is 0 Å². The molecule has 3 N–H and O–H groups in total. The molecule has 0 atom stereocenters. The van der Waals surface area contributed by atoms with Gasteiger partial charge in [-0.2, -0.15) is 0 Å². The molecule has 0 spiro atoms. The summed E-state index contributed by atoms with van der Waals surface area (Å²) in [6.07, 6.45) is 0. The van der Waals surface area contributed by atoms with Gasteiger partial charge in [-0.25, -0.2) is 0 Å². The van der Waals surface area contributed by atoms with E-state index in [1.165, 1.54) is 0 Å². The van der Waals surface area contributed by atoms with Crippen molar-refractivity contribution in [3.05, 3.63) is 0 Å². The van der Waals surface area contributed by atoms with Crippen LogP contribution in [0.3, 0.4) is 0 Å². The van der Waals surface area contributed by atoms with E-state index < -0.39 is 0 Å². The minimum atomic E-state index is -0.344. The molecule has 54 valence electrons. The standard InChI is InChI=1S/C5H12N2O2/c1-5(2,3)4(6-8)7-9/h8-9H,1-3H3,(H,6,7). The molecule has 0 aliphatic heterocycles. The Morgan fingerprint density at radius 3 is 1.89 bits per heavy atom. The van der Waals surface area contributed by atoms with Gasteiger partial charge in [0.1, 0.15) is 0 Å². The quantitative estimate of drug-likeness (QED) is 0.198. The molecule has 0 fully saturated rings. The molecule has 0 amide bonds. The van der Waals surface area contributed by atoms with Gasteiger partial charge in [0, 0.05) is 5.41 Å². The average Bonchev–Trinajstić information content (AvgIpc) is 1.65. The Kier molecular flexibility index (Phi) is 2.45. The molecule has 4 heteroatoms. The molecule has 0 aromatic heterocycles. The van der Waals surface area contributed by atoms with Gasteiger partial charge in [0.05, 0.1) is 0 Å². The lowest BCUT2D eigenvalue weighted by atomic mass is 9.96. The fraction of sp³-hybridized carbons (Fsp3) is 0.800. The maximum atomic E-state index is 8.32. The molecule has 0 aliphatic rings. The van der Waals surface area contributed by atoms with E-state index in [1.807, 2.05) is 20.8 Å². The minimum Gasteiger partial charge on any atom is -0.409 e. The maximum absolute atomic E-state index is 8.32. The summed E-state index contributed by atoms with van der Waals surface area (Å²) in [5.74, 6) is 0.155. The molecule has 0 bridgehead atoms. The molecule has 0 radical (unpaired) electrons. The zero-order valence-electron chi connectivity index (χ0n) is 5.84. The first-order valence-electron chi connectivity index (χ1n) is 2.65. The second kappa shape index (κ2) is 2.68. The summed E-state index contributed by atoms with van der Waals surface area (Å²) in [5, 5.41) is 19.4. The number of nitrogens with zero attached hydrogens (tertiary/aromatic N) is 1. The number of amidine groups is 1. The third-order valence-corrected chi connectivity index (χ3v) is 0.916. The molecule has 0 aromatic rings. The summed E-state index contributed by atoms with van der Waals surface area (Å²) >= 11 is 0.